The molecule has 0 bridgehead atoms. The maximum absolute atomic E-state index is 13.7. The molecule has 13 heteroatoms. The molecule has 3 fully saturated rings. The highest BCUT2D eigenvalue weighted by Gasteiger charge is 2.68. The van der Waals surface area contributed by atoms with E-state index >= 15 is 0 Å². The minimum atomic E-state index is -4.31. The Morgan fingerprint density at radius 2 is 1.86 bits per heavy atom. The van der Waals surface area contributed by atoms with Crippen molar-refractivity contribution in [2.24, 2.45) is 38.8 Å². The molecular weight excluding hydrogens is 651 g/mol. The summed E-state index contributed by atoms with van der Waals surface area (Å²) in [6, 6.07) is 10.5. The molecule has 260 valence electrons. The van der Waals surface area contributed by atoms with Gasteiger partial charge in [-0.1, -0.05) is 43.7 Å². The monoisotopic (exact) mass is 692 g/mol. The summed E-state index contributed by atoms with van der Waals surface area (Å²) in [7, 11) is -4.31. The van der Waals surface area contributed by atoms with Gasteiger partial charge in [0.05, 0.1) is 23.6 Å². The molecule has 5 N–H and O–H groups in total. The van der Waals surface area contributed by atoms with Crippen LogP contribution in [-0.2, 0) is 25.1 Å². The zero-order valence-corrected chi connectivity index (χ0v) is 28.3. The molecule has 6 rings (SSSR count). The Kier molecular flexibility index (Phi) is 9.17. The number of hydrogen-bond donors (Lipinski definition) is 5. The molecule has 2 aromatic rings. The highest BCUT2D eigenvalue weighted by Crippen LogP contribution is 2.67. The molecule has 2 aromatic carbocycles. The van der Waals surface area contributed by atoms with Crippen LogP contribution in [0.5, 0.6) is 5.75 Å². The van der Waals surface area contributed by atoms with Crippen LogP contribution in [0.2, 0.25) is 0 Å². The number of aromatic hydroxyl groups is 1. The van der Waals surface area contributed by atoms with Gasteiger partial charge in [-0.2, -0.15) is 10.2 Å². The van der Waals surface area contributed by atoms with Gasteiger partial charge in [-0.15, -0.1) is 0 Å². The van der Waals surface area contributed by atoms with Crippen molar-refractivity contribution in [3.05, 3.63) is 77.4 Å². The van der Waals surface area contributed by atoms with Gasteiger partial charge in [-0.05, 0) is 92.3 Å². The van der Waals surface area contributed by atoms with Gasteiger partial charge >= 0.3 is 13.6 Å². The molecule has 49 heavy (non-hydrogen) atoms. The van der Waals surface area contributed by atoms with Gasteiger partial charge in [-0.25, -0.2) is 4.79 Å². The van der Waals surface area contributed by atoms with Crippen molar-refractivity contribution in [2.45, 2.75) is 64.1 Å². The minimum Gasteiger partial charge on any atom is -0.507 e. The number of aliphatic hydroxyl groups is 2. The van der Waals surface area contributed by atoms with Gasteiger partial charge in [-0.3, -0.25) is 14.2 Å². The maximum atomic E-state index is 13.7. The second-order valence-electron chi connectivity index (χ2n) is 14.3. The lowest BCUT2D eigenvalue weighted by molar-refractivity contribution is -0.178. The summed E-state index contributed by atoms with van der Waals surface area (Å²) in [5.41, 5.74) is -1.51. The topological polar surface area (TPSA) is 203 Å². The molecule has 4 aliphatic rings. The summed E-state index contributed by atoms with van der Waals surface area (Å²) in [5.74, 6) is -2.68. The normalized spacial score (nSPS) is 33.3. The smallest absolute Gasteiger partial charge is 0.339 e. The Morgan fingerprint density at radius 1 is 1.10 bits per heavy atom. The second kappa shape index (κ2) is 12.8. The molecule has 4 aliphatic carbocycles. The van der Waals surface area contributed by atoms with Crippen LogP contribution < -0.4 is 0 Å². The Balaban J connectivity index is 1.11. The number of rotatable bonds is 10. The molecule has 0 spiro atoms. The molecular formula is C36H41N2O10P. The van der Waals surface area contributed by atoms with Crippen LogP contribution in [0.4, 0.5) is 11.4 Å². The van der Waals surface area contributed by atoms with Gasteiger partial charge in [0, 0.05) is 16.7 Å². The van der Waals surface area contributed by atoms with E-state index in [4.69, 9.17) is 4.52 Å². The number of phenols is 1. The zero-order chi connectivity index (χ0) is 35.4. The van der Waals surface area contributed by atoms with Crippen molar-refractivity contribution in [1.29, 1.82) is 0 Å². The number of aryl methyl sites for hydroxylation is 1. The van der Waals surface area contributed by atoms with E-state index in [-0.39, 0.29) is 60.2 Å². The lowest BCUT2D eigenvalue weighted by Crippen LogP contribution is -2.61. The number of hydrogen-bond acceptors (Lipinski definition) is 10. The van der Waals surface area contributed by atoms with E-state index in [0.29, 0.717) is 24.1 Å². The summed E-state index contributed by atoms with van der Waals surface area (Å²) < 4.78 is 18.4. The molecule has 0 radical (unpaired) electrons. The van der Waals surface area contributed by atoms with Crippen LogP contribution in [-0.4, -0.2) is 67.3 Å². The fourth-order valence-electron chi connectivity index (χ4n) is 9.08. The van der Waals surface area contributed by atoms with E-state index in [0.717, 1.165) is 12.0 Å². The number of Topliss-reactive ketones (excluding diaryl/α,β-unsaturated/α-hetero) is 1. The van der Waals surface area contributed by atoms with Crippen LogP contribution >= 0.6 is 7.60 Å². The van der Waals surface area contributed by atoms with Crippen molar-refractivity contribution in [3.8, 4) is 5.75 Å². The predicted octanol–water partition coefficient (Wildman–Crippen LogP) is 5.83. The molecule has 0 aliphatic heterocycles. The summed E-state index contributed by atoms with van der Waals surface area (Å²) in [5, 5.41) is 50.7. The molecule has 0 heterocycles. The van der Waals surface area contributed by atoms with E-state index in [2.05, 4.69) is 17.2 Å². The van der Waals surface area contributed by atoms with E-state index in [1.807, 2.05) is 13.0 Å². The largest absolute Gasteiger partial charge is 0.507 e. The number of benzene rings is 2. The van der Waals surface area contributed by atoms with E-state index in [1.165, 1.54) is 18.2 Å². The van der Waals surface area contributed by atoms with Gasteiger partial charge in [0.25, 0.3) is 0 Å². The third-order valence-corrected chi connectivity index (χ3v) is 13.0. The zero-order valence-electron chi connectivity index (χ0n) is 27.4. The molecule has 8 atom stereocenters. The number of carboxylic acids is 1. The standard InChI is InChI=1S/C36H41N2O10P/c1-34-14-11-24(39)17-22(34)7-9-25-27-12-15-36(45,35(27,2)19-30(41)32(25)34)31(42)20-48-49(46,47)16-13-21-5-3-4-6-28(21)38-37-23-8-10-29(40)26(18-23)33(43)44/h3-6,8,10-11,14,17-18,25,27,30,32,40-41,45H,7,9,12-13,15-16,19-20H2,1-2H3,(H,43,44)(H,46,47). The Morgan fingerprint density at radius 3 is 2.61 bits per heavy atom. The Labute approximate surface area is 283 Å². The van der Waals surface area contributed by atoms with Crippen molar-refractivity contribution < 1.29 is 48.8 Å². The highest BCUT2D eigenvalue weighted by molar-refractivity contribution is 7.52. The lowest BCUT2D eigenvalue weighted by atomic mass is 9.46. The predicted molar refractivity (Wildman–Crippen MR) is 178 cm³/mol. The third-order valence-electron chi connectivity index (χ3n) is 11.6. The average molecular weight is 693 g/mol. The van der Waals surface area contributed by atoms with Gasteiger partial charge < -0.3 is 29.8 Å². The number of ketones is 2. The fraction of sp³-hybridized carbons (Fsp3) is 0.472. The minimum absolute atomic E-state index is 0.0194. The summed E-state index contributed by atoms with van der Waals surface area (Å²) in [6.07, 6.45) is 6.33. The average Bonchev–Trinajstić information content (AvgIpc) is 3.33. The van der Waals surface area contributed by atoms with Crippen LogP contribution in [0.1, 0.15) is 61.9 Å². The summed E-state index contributed by atoms with van der Waals surface area (Å²) in [6.45, 7) is 3.12. The number of aromatic carboxylic acids is 1. The molecule has 0 aromatic heterocycles. The number of carbonyl (C=O) groups is 3. The van der Waals surface area contributed by atoms with Crippen molar-refractivity contribution in [3.63, 3.8) is 0 Å². The Bertz CT molecular complexity index is 1840. The molecule has 3 saturated carbocycles. The first kappa shape index (κ1) is 35.0. The van der Waals surface area contributed by atoms with Crippen LogP contribution in [0.3, 0.4) is 0 Å². The number of fused-ring (bicyclic) bond motifs is 5. The Hall–Kier alpha value is -3.80. The van der Waals surface area contributed by atoms with E-state index < -0.39 is 54.2 Å². The first-order valence-corrected chi connectivity index (χ1v) is 18.2. The fourth-order valence-corrected chi connectivity index (χ4v) is 10.1. The van der Waals surface area contributed by atoms with E-state index in [9.17, 15) is 44.3 Å². The third kappa shape index (κ3) is 6.25. The van der Waals surface area contributed by atoms with Crippen LogP contribution in [0.25, 0.3) is 0 Å². The summed E-state index contributed by atoms with van der Waals surface area (Å²) >= 11 is 0. The second-order valence-corrected chi connectivity index (χ2v) is 16.2. The number of allylic oxidation sites excluding steroid dienone is 4. The van der Waals surface area contributed by atoms with Crippen LogP contribution in [0, 0.1) is 28.6 Å². The number of nitrogens with zero attached hydrogens (tertiary/aromatic N) is 2. The number of aliphatic hydroxyl groups excluding tert-OH is 1. The first-order valence-electron chi connectivity index (χ1n) is 16.5. The SMILES string of the molecule is CC12C=CC(=O)C=C1CCC1C2C(O)CC2(C)C1CCC2(O)C(=O)COP(=O)(O)CCc1ccccc1N=Nc1ccc(O)c(C(=O)O)c1. The summed E-state index contributed by atoms with van der Waals surface area (Å²) in [4.78, 5) is 47.8. The van der Waals surface area contributed by atoms with E-state index in [1.54, 1.807) is 36.4 Å². The molecule has 8 unspecified atom stereocenters. The maximum Gasteiger partial charge on any atom is 0.339 e. The van der Waals surface area contributed by atoms with Gasteiger partial charge in [0.1, 0.15) is 23.5 Å². The van der Waals surface area contributed by atoms with Crippen molar-refractivity contribution >= 4 is 36.5 Å². The molecule has 12 nitrogen and oxygen atoms in total. The highest BCUT2D eigenvalue weighted by atomic mass is 31.2. The quantitative estimate of drug-likeness (QED) is 0.149. The van der Waals surface area contributed by atoms with Gasteiger partial charge in [0.2, 0.25) is 0 Å². The van der Waals surface area contributed by atoms with Gasteiger partial charge in [0.15, 0.2) is 11.6 Å². The van der Waals surface area contributed by atoms with Crippen LogP contribution in [0.15, 0.2) is 76.5 Å². The number of azo groups is 1. The first-order chi connectivity index (χ1) is 23.1. The molecule has 0 saturated heterocycles. The van der Waals surface area contributed by atoms with Crippen molar-refractivity contribution in [2.75, 3.05) is 12.8 Å². The number of carboxylic acid groups (broad SMARTS) is 1. The van der Waals surface area contributed by atoms with Crippen molar-refractivity contribution in [1.82, 2.24) is 0 Å². The molecule has 0 amide bonds. The number of carbonyl (C=O) groups excluding carboxylic acids is 2. The lowest BCUT2D eigenvalue weighted by Gasteiger charge is -2.59.